The maximum absolute atomic E-state index is 2.40. The number of aromatic nitrogens is 1. The molecule has 1 heteroatoms. The summed E-state index contributed by atoms with van der Waals surface area (Å²) in [5, 5.41) is 0. The predicted molar refractivity (Wildman–Crippen MR) is 103 cm³/mol. The Kier molecular flexibility index (Phi) is 9.23. The minimum atomic E-state index is 0.981. The van der Waals surface area contributed by atoms with Gasteiger partial charge in [0.2, 0.25) is 0 Å². The number of aryl methyl sites for hydroxylation is 1. The van der Waals surface area contributed by atoms with Crippen LogP contribution in [0.2, 0.25) is 0 Å². The van der Waals surface area contributed by atoms with Crippen LogP contribution in [-0.2, 0) is 13.0 Å². The van der Waals surface area contributed by atoms with Crippen LogP contribution in [0.5, 0.6) is 0 Å². The minimum Gasteiger partial charge on any atom is -0.198 e. The van der Waals surface area contributed by atoms with Crippen LogP contribution >= 0.6 is 0 Å². The zero-order chi connectivity index (χ0) is 16.9. The molecule has 2 rings (SSSR count). The summed E-state index contributed by atoms with van der Waals surface area (Å²) in [6, 6.07) is 17.4. The Morgan fingerprint density at radius 1 is 0.667 bits per heavy atom. The van der Waals surface area contributed by atoms with Crippen LogP contribution < -0.4 is 4.57 Å². The van der Waals surface area contributed by atoms with Gasteiger partial charge in [0.05, 0.1) is 0 Å². The summed E-state index contributed by atoms with van der Waals surface area (Å²) in [6.07, 6.45) is 16.0. The maximum atomic E-state index is 2.40. The lowest BCUT2D eigenvalue weighted by atomic mass is 10.1. The van der Waals surface area contributed by atoms with Crippen LogP contribution in [0.25, 0.3) is 0 Å². The number of benzene rings is 1. The topological polar surface area (TPSA) is 3.88 Å². The first-order valence-corrected chi connectivity index (χ1v) is 9.91. The number of hydrogen-bond acceptors (Lipinski definition) is 0. The average molecular weight is 325 g/mol. The van der Waals surface area contributed by atoms with Gasteiger partial charge in [-0.15, -0.1) is 0 Å². The molecule has 2 aromatic rings. The molecule has 24 heavy (non-hydrogen) atoms. The second-order valence-electron chi connectivity index (χ2n) is 6.88. The monoisotopic (exact) mass is 324 g/mol. The average Bonchev–Trinajstić information content (AvgIpc) is 2.62. The van der Waals surface area contributed by atoms with Crippen molar-refractivity contribution in [1.29, 1.82) is 0 Å². The number of unbranched alkanes of at least 4 members (excludes halogenated alkanes) is 8. The second-order valence-corrected chi connectivity index (χ2v) is 6.88. The second kappa shape index (κ2) is 11.8. The Bertz CT molecular complexity index is 547. The molecule has 1 aromatic heterocycles. The molecule has 0 aliphatic rings. The van der Waals surface area contributed by atoms with Gasteiger partial charge < -0.3 is 0 Å². The van der Waals surface area contributed by atoms with Gasteiger partial charge in [0.25, 0.3) is 0 Å². The van der Waals surface area contributed by atoms with Crippen molar-refractivity contribution < 1.29 is 4.57 Å². The summed E-state index contributed by atoms with van der Waals surface area (Å²) < 4.78 is 2.40. The Labute approximate surface area is 148 Å². The van der Waals surface area contributed by atoms with E-state index in [9.17, 15) is 0 Å². The Balaban J connectivity index is 1.67. The van der Waals surface area contributed by atoms with Gasteiger partial charge in [0, 0.05) is 24.1 Å². The Morgan fingerprint density at radius 2 is 1.29 bits per heavy atom. The third kappa shape index (κ3) is 7.29. The van der Waals surface area contributed by atoms with Gasteiger partial charge in [0.15, 0.2) is 18.4 Å². The van der Waals surface area contributed by atoms with E-state index in [-0.39, 0.29) is 0 Å². The van der Waals surface area contributed by atoms with Gasteiger partial charge >= 0.3 is 0 Å². The van der Waals surface area contributed by atoms with Crippen molar-refractivity contribution in [3.8, 4) is 0 Å². The van der Waals surface area contributed by atoms with Crippen LogP contribution in [-0.4, -0.2) is 0 Å². The molecule has 0 amide bonds. The van der Waals surface area contributed by atoms with Crippen LogP contribution in [0.15, 0.2) is 54.7 Å². The molecule has 0 aliphatic carbocycles. The SMILES string of the molecule is CCCCCCCCCCCc1cccc[n+]1Cc1ccccc1. The lowest BCUT2D eigenvalue weighted by Gasteiger charge is -2.05. The van der Waals surface area contributed by atoms with Crippen molar-refractivity contribution in [2.45, 2.75) is 77.7 Å². The minimum absolute atomic E-state index is 0.981. The summed E-state index contributed by atoms with van der Waals surface area (Å²) in [5.74, 6) is 0. The highest BCUT2D eigenvalue weighted by atomic mass is 14.9. The largest absolute Gasteiger partial charge is 0.198 e. The first kappa shape index (κ1) is 18.7. The van der Waals surface area contributed by atoms with Gasteiger partial charge in [0.1, 0.15) is 0 Å². The standard InChI is InChI=1S/C23H34N/c1-2-3-4-5-6-7-8-9-13-18-23-19-14-15-20-24(23)21-22-16-11-10-12-17-22/h10-12,14-17,19-20H,2-9,13,18,21H2,1H3/q+1. The molecule has 1 heterocycles. The molecule has 0 N–H and O–H groups in total. The van der Waals surface area contributed by atoms with E-state index in [0.29, 0.717) is 0 Å². The quantitative estimate of drug-likeness (QED) is 0.328. The molecule has 0 aliphatic heterocycles. The van der Waals surface area contributed by atoms with E-state index < -0.39 is 0 Å². The van der Waals surface area contributed by atoms with Crippen molar-refractivity contribution >= 4 is 0 Å². The molecule has 0 radical (unpaired) electrons. The van der Waals surface area contributed by atoms with Gasteiger partial charge in [-0.2, -0.15) is 4.57 Å². The van der Waals surface area contributed by atoms with E-state index in [1.54, 1.807) is 0 Å². The van der Waals surface area contributed by atoms with E-state index in [1.807, 2.05) is 0 Å². The fourth-order valence-corrected chi connectivity index (χ4v) is 3.29. The Morgan fingerprint density at radius 3 is 2.00 bits per heavy atom. The lowest BCUT2D eigenvalue weighted by Crippen LogP contribution is -2.38. The zero-order valence-corrected chi connectivity index (χ0v) is 15.4. The van der Waals surface area contributed by atoms with E-state index in [4.69, 9.17) is 0 Å². The summed E-state index contributed by atoms with van der Waals surface area (Å²) in [4.78, 5) is 0. The molecular formula is C23H34N+. The van der Waals surface area contributed by atoms with Crippen LogP contribution in [0.4, 0.5) is 0 Å². The lowest BCUT2D eigenvalue weighted by molar-refractivity contribution is -0.695. The third-order valence-corrected chi connectivity index (χ3v) is 4.77. The van der Waals surface area contributed by atoms with Crippen molar-refractivity contribution in [2.75, 3.05) is 0 Å². The van der Waals surface area contributed by atoms with Crippen LogP contribution in [0.1, 0.15) is 76.0 Å². The smallest absolute Gasteiger partial charge is 0.181 e. The fraction of sp³-hybridized carbons (Fsp3) is 0.522. The molecule has 0 fully saturated rings. The van der Waals surface area contributed by atoms with Gasteiger partial charge in [-0.25, -0.2) is 0 Å². The summed E-state index contributed by atoms with van der Waals surface area (Å²) in [5.41, 5.74) is 2.84. The fourth-order valence-electron chi connectivity index (χ4n) is 3.29. The zero-order valence-electron chi connectivity index (χ0n) is 15.4. The molecule has 0 bridgehead atoms. The first-order valence-electron chi connectivity index (χ1n) is 9.91. The highest BCUT2D eigenvalue weighted by Crippen LogP contribution is 2.11. The van der Waals surface area contributed by atoms with Crippen molar-refractivity contribution in [3.05, 3.63) is 66.0 Å². The highest BCUT2D eigenvalue weighted by Gasteiger charge is 2.09. The number of rotatable bonds is 12. The molecule has 0 unspecified atom stereocenters. The van der Waals surface area contributed by atoms with Gasteiger partial charge in [-0.1, -0.05) is 94.7 Å². The van der Waals surface area contributed by atoms with Gasteiger partial charge in [-0.3, -0.25) is 0 Å². The molecular weight excluding hydrogens is 290 g/mol. The molecule has 0 spiro atoms. The van der Waals surface area contributed by atoms with Crippen molar-refractivity contribution in [3.63, 3.8) is 0 Å². The number of pyridine rings is 1. The van der Waals surface area contributed by atoms with E-state index >= 15 is 0 Å². The summed E-state index contributed by atoms with van der Waals surface area (Å²) in [6.45, 7) is 3.27. The molecule has 130 valence electrons. The van der Waals surface area contributed by atoms with Crippen molar-refractivity contribution in [1.82, 2.24) is 0 Å². The number of nitrogens with zero attached hydrogens (tertiary/aromatic N) is 1. The molecule has 1 aromatic carbocycles. The molecule has 0 saturated carbocycles. The van der Waals surface area contributed by atoms with Crippen LogP contribution in [0, 0.1) is 0 Å². The van der Waals surface area contributed by atoms with Gasteiger partial charge in [-0.05, 0) is 6.42 Å². The first-order chi connectivity index (χ1) is 11.9. The molecule has 1 nitrogen and oxygen atoms in total. The molecule has 0 atom stereocenters. The number of hydrogen-bond donors (Lipinski definition) is 0. The maximum Gasteiger partial charge on any atom is 0.181 e. The van der Waals surface area contributed by atoms with Crippen molar-refractivity contribution in [2.24, 2.45) is 0 Å². The van der Waals surface area contributed by atoms with E-state index in [2.05, 4.69) is 66.2 Å². The summed E-state index contributed by atoms with van der Waals surface area (Å²) in [7, 11) is 0. The summed E-state index contributed by atoms with van der Waals surface area (Å²) >= 11 is 0. The van der Waals surface area contributed by atoms with Crippen LogP contribution in [0.3, 0.4) is 0 Å². The predicted octanol–water partition coefficient (Wildman–Crippen LogP) is 6.10. The van der Waals surface area contributed by atoms with E-state index in [0.717, 1.165) is 6.54 Å². The molecule has 0 saturated heterocycles. The highest BCUT2D eigenvalue weighted by molar-refractivity contribution is 5.13. The third-order valence-electron chi connectivity index (χ3n) is 4.77. The normalized spacial score (nSPS) is 10.9. The Hall–Kier alpha value is -1.63. The van der Waals surface area contributed by atoms with E-state index in [1.165, 1.54) is 75.5 Å².